The van der Waals surface area contributed by atoms with Crippen molar-refractivity contribution in [3.63, 3.8) is 0 Å². The Morgan fingerprint density at radius 1 is 1.33 bits per heavy atom. The van der Waals surface area contributed by atoms with E-state index in [0.29, 0.717) is 17.5 Å². The number of rotatable bonds is 3. The summed E-state index contributed by atoms with van der Waals surface area (Å²) in [6, 6.07) is 1.88. The molecule has 2 aliphatic rings. The third-order valence-electron chi connectivity index (χ3n) is 4.48. The molecule has 0 N–H and O–H groups in total. The fraction of sp³-hybridized carbons (Fsp3) is 0.667. The molecule has 0 saturated carbocycles. The van der Waals surface area contributed by atoms with Crippen molar-refractivity contribution in [2.24, 2.45) is 11.8 Å². The number of hydrogen-bond acceptors (Lipinski definition) is 5. The normalized spacial score (nSPS) is 23.3. The summed E-state index contributed by atoms with van der Waals surface area (Å²) >= 11 is 0. The summed E-state index contributed by atoms with van der Waals surface area (Å²) in [5, 5.41) is 0. The van der Waals surface area contributed by atoms with Gasteiger partial charge in [0.15, 0.2) is 0 Å². The molecule has 6 nitrogen and oxygen atoms in total. The maximum Gasteiger partial charge on any atom is 0.316 e. The van der Waals surface area contributed by atoms with E-state index in [2.05, 4.69) is 9.97 Å². The highest BCUT2D eigenvalue weighted by Gasteiger charge is 2.33. The number of amides is 1. The highest BCUT2D eigenvalue weighted by atomic mass is 16.5. The molecule has 0 aromatic carbocycles. The summed E-state index contributed by atoms with van der Waals surface area (Å²) in [6.45, 7) is 3.36. The van der Waals surface area contributed by atoms with Crippen molar-refractivity contribution in [2.75, 3.05) is 33.4 Å². The number of hydrogen-bond donors (Lipinski definition) is 0. The maximum atomic E-state index is 12.5. The zero-order valence-electron chi connectivity index (χ0n) is 12.3. The second-order valence-corrected chi connectivity index (χ2v) is 5.68. The summed E-state index contributed by atoms with van der Waals surface area (Å²) in [7, 11) is 1.50. The predicted molar refractivity (Wildman–Crippen MR) is 76.1 cm³/mol. The van der Waals surface area contributed by atoms with Crippen LogP contribution in [0.15, 0.2) is 12.3 Å². The zero-order chi connectivity index (χ0) is 14.7. The lowest BCUT2D eigenvalue weighted by Crippen LogP contribution is -2.31. The van der Waals surface area contributed by atoms with Gasteiger partial charge in [-0.1, -0.05) is 0 Å². The van der Waals surface area contributed by atoms with E-state index >= 15 is 0 Å². The number of nitrogens with zero attached hydrogens (tertiary/aromatic N) is 3. The Morgan fingerprint density at radius 3 is 2.90 bits per heavy atom. The van der Waals surface area contributed by atoms with E-state index in [-0.39, 0.29) is 11.9 Å². The Kier molecular flexibility index (Phi) is 4.34. The van der Waals surface area contributed by atoms with Gasteiger partial charge in [0.05, 0.1) is 7.11 Å². The Hall–Kier alpha value is -1.69. The largest absolute Gasteiger partial charge is 0.467 e. The first-order valence-electron chi connectivity index (χ1n) is 7.52. The Balaban J connectivity index is 1.63. The van der Waals surface area contributed by atoms with Gasteiger partial charge in [-0.3, -0.25) is 4.79 Å². The van der Waals surface area contributed by atoms with Crippen molar-refractivity contribution in [2.45, 2.75) is 19.3 Å². The fourth-order valence-electron chi connectivity index (χ4n) is 3.26. The first-order valence-corrected chi connectivity index (χ1v) is 7.52. The SMILES string of the molecule is COc1nccc(C(=O)N2CCC(C3CCOCC3)C2)n1. The number of methoxy groups -OCH3 is 1. The number of ether oxygens (including phenoxy) is 2. The van der Waals surface area contributed by atoms with Gasteiger partial charge in [-0.05, 0) is 37.2 Å². The molecule has 1 amide bonds. The van der Waals surface area contributed by atoms with Gasteiger partial charge < -0.3 is 14.4 Å². The third kappa shape index (κ3) is 3.15. The lowest BCUT2D eigenvalue weighted by Gasteiger charge is -2.27. The van der Waals surface area contributed by atoms with Crippen LogP contribution in [-0.2, 0) is 4.74 Å². The van der Waals surface area contributed by atoms with Crippen LogP contribution in [0.2, 0.25) is 0 Å². The van der Waals surface area contributed by atoms with Crippen LogP contribution in [0, 0.1) is 11.8 Å². The second-order valence-electron chi connectivity index (χ2n) is 5.68. The standard InChI is InChI=1S/C15H21N3O3/c1-20-15-16-6-2-13(17-15)14(19)18-7-3-12(10-18)11-4-8-21-9-5-11/h2,6,11-12H,3-5,7-10H2,1H3. The maximum absolute atomic E-state index is 12.5. The molecule has 1 aromatic rings. The number of likely N-dealkylation sites (tertiary alicyclic amines) is 1. The lowest BCUT2D eigenvalue weighted by atomic mass is 9.85. The van der Waals surface area contributed by atoms with Crippen LogP contribution in [0.5, 0.6) is 6.01 Å². The first kappa shape index (κ1) is 14.3. The lowest BCUT2D eigenvalue weighted by molar-refractivity contribution is 0.0471. The molecule has 0 bridgehead atoms. The molecule has 2 aliphatic heterocycles. The number of carbonyl (C=O) groups excluding carboxylic acids is 1. The molecule has 2 saturated heterocycles. The Morgan fingerprint density at radius 2 is 2.14 bits per heavy atom. The average molecular weight is 291 g/mol. The topological polar surface area (TPSA) is 64.5 Å². The van der Waals surface area contributed by atoms with Crippen molar-refractivity contribution in [3.8, 4) is 6.01 Å². The van der Waals surface area contributed by atoms with Crippen LogP contribution in [0.25, 0.3) is 0 Å². The van der Waals surface area contributed by atoms with Crippen LogP contribution in [0.4, 0.5) is 0 Å². The van der Waals surface area contributed by atoms with E-state index in [1.807, 2.05) is 4.90 Å². The van der Waals surface area contributed by atoms with Crippen molar-refractivity contribution in [1.29, 1.82) is 0 Å². The molecule has 3 heterocycles. The molecule has 0 spiro atoms. The quantitative estimate of drug-likeness (QED) is 0.841. The summed E-state index contributed by atoms with van der Waals surface area (Å²) in [4.78, 5) is 22.5. The van der Waals surface area contributed by atoms with Crippen molar-refractivity contribution < 1.29 is 14.3 Å². The van der Waals surface area contributed by atoms with E-state index in [9.17, 15) is 4.79 Å². The van der Waals surface area contributed by atoms with Gasteiger partial charge in [0.1, 0.15) is 5.69 Å². The molecule has 6 heteroatoms. The smallest absolute Gasteiger partial charge is 0.316 e. The van der Waals surface area contributed by atoms with Crippen LogP contribution >= 0.6 is 0 Å². The number of carbonyl (C=O) groups is 1. The van der Waals surface area contributed by atoms with Crippen LogP contribution in [0.3, 0.4) is 0 Å². The molecular weight excluding hydrogens is 270 g/mol. The van der Waals surface area contributed by atoms with E-state index < -0.39 is 0 Å². The highest BCUT2D eigenvalue weighted by Crippen LogP contribution is 2.31. The fourth-order valence-corrected chi connectivity index (χ4v) is 3.26. The second kappa shape index (κ2) is 6.39. The molecule has 1 aromatic heterocycles. The van der Waals surface area contributed by atoms with Crippen LogP contribution < -0.4 is 4.74 Å². The monoisotopic (exact) mass is 291 g/mol. The van der Waals surface area contributed by atoms with Gasteiger partial charge in [-0.15, -0.1) is 0 Å². The molecule has 0 radical (unpaired) electrons. The van der Waals surface area contributed by atoms with Crippen LogP contribution in [-0.4, -0.2) is 54.2 Å². The van der Waals surface area contributed by atoms with Gasteiger partial charge in [-0.25, -0.2) is 4.98 Å². The Labute approximate surface area is 124 Å². The predicted octanol–water partition coefficient (Wildman–Crippen LogP) is 1.37. The van der Waals surface area contributed by atoms with Crippen molar-refractivity contribution in [1.82, 2.24) is 14.9 Å². The molecule has 2 fully saturated rings. The number of aromatic nitrogens is 2. The van der Waals surface area contributed by atoms with Crippen LogP contribution in [0.1, 0.15) is 29.8 Å². The highest BCUT2D eigenvalue weighted by molar-refractivity contribution is 5.92. The summed E-state index contributed by atoms with van der Waals surface area (Å²) in [5.74, 6) is 1.27. The molecular formula is C15H21N3O3. The van der Waals surface area contributed by atoms with E-state index in [1.165, 1.54) is 7.11 Å². The minimum Gasteiger partial charge on any atom is -0.467 e. The van der Waals surface area contributed by atoms with Gasteiger partial charge in [-0.2, -0.15) is 4.98 Å². The van der Waals surface area contributed by atoms with Gasteiger partial charge >= 0.3 is 6.01 Å². The molecule has 1 unspecified atom stereocenters. The van der Waals surface area contributed by atoms with Crippen molar-refractivity contribution in [3.05, 3.63) is 18.0 Å². The third-order valence-corrected chi connectivity index (χ3v) is 4.48. The minimum atomic E-state index is -0.0229. The first-order chi connectivity index (χ1) is 10.3. The van der Waals surface area contributed by atoms with E-state index in [0.717, 1.165) is 45.6 Å². The molecule has 21 heavy (non-hydrogen) atoms. The van der Waals surface area contributed by atoms with Gasteiger partial charge in [0.2, 0.25) is 0 Å². The molecule has 0 aliphatic carbocycles. The summed E-state index contributed by atoms with van der Waals surface area (Å²) in [5.41, 5.74) is 0.412. The molecule has 1 atom stereocenters. The summed E-state index contributed by atoms with van der Waals surface area (Å²) < 4.78 is 10.4. The van der Waals surface area contributed by atoms with Gasteiger partial charge in [0.25, 0.3) is 5.91 Å². The summed E-state index contributed by atoms with van der Waals surface area (Å²) in [6.07, 6.45) is 4.88. The average Bonchev–Trinajstić information content (AvgIpc) is 3.05. The van der Waals surface area contributed by atoms with Gasteiger partial charge in [0, 0.05) is 32.5 Å². The molecule has 3 rings (SSSR count). The van der Waals surface area contributed by atoms with E-state index in [4.69, 9.17) is 9.47 Å². The Bertz CT molecular complexity index is 503. The van der Waals surface area contributed by atoms with Crippen molar-refractivity contribution >= 4 is 5.91 Å². The zero-order valence-corrected chi connectivity index (χ0v) is 12.3. The van der Waals surface area contributed by atoms with E-state index in [1.54, 1.807) is 12.3 Å². The molecule has 114 valence electrons. The minimum absolute atomic E-state index is 0.0229.